The Morgan fingerprint density at radius 1 is 1.14 bits per heavy atom. The van der Waals surface area contributed by atoms with Crippen molar-refractivity contribution >= 4 is 27.3 Å². The summed E-state index contributed by atoms with van der Waals surface area (Å²) in [5.41, 5.74) is 1.19. The molecule has 1 nitrogen and oxygen atoms in total. The first-order valence-electron chi connectivity index (χ1n) is 4.26. The lowest BCUT2D eigenvalue weighted by molar-refractivity contribution is 0.306. The molecule has 0 aliphatic rings. The molecule has 14 heavy (non-hydrogen) atoms. The maximum atomic E-state index is 5.61. The first-order chi connectivity index (χ1) is 6.86. The van der Waals surface area contributed by atoms with Crippen molar-refractivity contribution in [1.82, 2.24) is 0 Å². The molecule has 0 atom stereocenters. The van der Waals surface area contributed by atoms with Crippen LogP contribution in [0.15, 0.2) is 45.6 Å². The highest BCUT2D eigenvalue weighted by Crippen LogP contribution is 2.24. The van der Waals surface area contributed by atoms with Crippen molar-refractivity contribution in [2.45, 2.75) is 6.61 Å². The molecule has 0 aliphatic carbocycles. The predicted molar refractivity (Wildman–Crippen MR) is 62.8 cm³/mol. The van der Waals surface area contributed by atoms with Gasteiger partial charge in [0.15, 0.2) is 0 Å². The molecule has 0 fully saturated rings. The first kappa shape index (κ1) is 9.74. The molecule has 1 aromatic carbocycles. The highest BCUT2D eigenvalue weighted by atomic mass is 79.9. The number of rotatable bonds is 3. The van der Waals surface area contributed by atoms with Crippen molar-refractivity contribution in [2.75, 3.05) is 0 Å². The zero-order chi connectivity index (χ0) is 9.80. The molecule has 3 heteroatoms. The number of thiophene rings is 1. The molecule has 0 N–H and O–H groups in total. The zero-order valence-corrected chi connectivity index (χ0v) is 9.85. The Morgan fingerprint density at radius 3 is 2.57 bits per heavy atom. The average Bonchev–Trinajstić information content (AvgIpc) is 2.63. The smallest absolute Gasteiger partial charge is 0.119 e. The molecular formula is C11H9BrOS. The Morgan fingerprint density at radius 2 is 1.93 bits per heavy atom. The van der Waals surface area contributed by atoms with Crippen LogP contribution in [0.5, 0.6) is 5.75 Å². The van der Waals surface area contributed by atoms with Gasteiger partial charge in [0, 0.05) is 5.56 Å². The van der Waals surface area contributed by atoms with Crippen LogP contribution < -0.4 is 4.74 Å². The Balaban J connectivity index is 1.99. The van der Waals surface area contributed by atoms with Gasteiger partial charge in [0.1, 0.15) is 12.4 Å². The zero-order valence-electron chi connectivity index (χ0n) is 7.44. The standard InChI is InChI=1S/C11H9BrOS/c12-11-9(6-7-14-11)8-13-10-4-2-1-3-5-10/h1-7H,8H2. The molecule has 1 aromatic heterocycles. The fourth-order valence-corrected chi connectivity index (χ4v) is 2.30. The molecule has 0 bridgehead atoms. The number of benzene rings is 1. The summed E-state index contributed by atoms with van der Waals surface area (Å²) < 4.78 is 6.75. The van der Waals surface area contributed by atoms with Crippen LogP contribution in [0.3, 0.4) is 0 Å². The third-order valence-electron chi connectivity index (χ3n) is 1.83. The minimum absolute atomic E-state index is 0.619. The van der Waals surface area contributed by atoms with Gasteiger partial charge >= 0.3 is 0 Å². The van der Waals surface area contributed by atoms with E-state index < -0.39 is 0 Å². The Kier molecular flexibility index (Phi) is 3.22. The highest BCUT2D eigenvalue weighted by Gasteiger charge is 2.01. The summed E-state index contributed by atoms with van der Waals surface area (Å²) in [5.74, 6) is 0.908. The van der Waals surface area contributed by atoms with E-state index in [1.807, 2.05) is 35.7 Å². The monoisotopic (exact) mass is 268 g/mol. The predicted octanol–water partition coefficient (Wildman–Crippen LogP) is 4.09. The van der Waals surface area contributed by atoms with Crippen molar-refractivity contribution in [3.05, 3.63) is 51.1 Å². The molecule has 0 aliphatic heterocycles. The van der Waals surface area contributed by atoms with Gasteiger partial charge in [-0.05, 0) is 39.5 Å². The minimum atomic E-state index is 0.619. The molecule has 72 valence electrons. The maximum Gasteiger partial charge on any atom is 0.119 e. The lowest BCUT2D eigenvalue weighted by Crippen LogP contribution is -1.93. The topological polar surface area (TPSA) is 9.23 Å². The molecule has 0 amide bonds. The van der Waals surface area contributed by atoms with E-state index in [2.05, 4.69) is 22.0 Å². The summed E-state index contributed by atoms with van der Waals surface area (Å²) in [6.07, 6.45) is 0. The van der Waals surface area contributed by atoms with E-state index in [1.165, 1.54) is 5.56 Å². The molecule has 0 unspecified atom stereocenters. The fraction of sp³-hybridized carbons (Fsp3) is 0.0909. The summed E-state index contributed by atoms with van der Waals surface area (Å²) >= 11 is 5.15. The average molecular weight is 269 g/mol. The third kappa shape index (κ3) is 2.36. The molecule has 0 spiro atoms. The molecule has 1 heterocycles. The van der Waals surface area contributed by atoms with E-state index in [0.29, 0.717) is 6.61 Å². The molecule has 2 aromatic rings. The van der Waals surface area contributed by atoms with Crippen LogP contribution in [-0.4, -0.2) is 0 Å². The van der Waals surface area contributed by atoms with Crippen LogP contribution >= 0.6 is 27.3 Å². The quantitative estimate of drug-likeness (QED) is 0.815. The van der Waals surface area contributed by atoms with Crippen LogP contribution in [-0.2, 0) is 6.61 Å². The SMILES string of the molecule is Brc1sccc1COc1ccccc1. The first-order valence-corrected chi connectivity index (χ1v) is 5.93. The second kappa shape index (κ2) is 4.62. The molecule has 0 saturated heterocycles. The van der Waals surface area contributed by atoms with E-state index in [0.717, 1.165) is 9.54 Å². The lowest BCUT2D eigenvalue weighted by Gasteiger charge is -2.04. The van der Waals surface area contributed by atoms with Crippen molar-refractivity contribution in [3.63, 3.8) is 0 Å². The van der Waals surface area contributed by atoms with Crippen LogP contribution in [0, 0.1) is 0 Å². The van der Waals surface area contributed by atoms with Gasteiger partial charge in [-0.15, -0.1) is 11.3 Å². The summed E-state index contributed by atoms with van der Waals surface area (Å²) in [6.45, 7) is 0.619. The minimum Gasteiger partial charge on any atom is -0.489 e. The lowest BCUT2D eigenvalue weighted by atomic mass is 10.3. The van der Waals surface area contributed by atoms with Crippen molar-refractivity contribution in [3.8, 4) is 5.75 Å². The second-order valence-electron chi connectivity index (χ2n) is 2.82. The number of hydrogen-bond acceptors (Lipinski definition) is 2. The normalized spacial score (nSPS) is 10.1. The summed E-state index contributed by atoms with van der Waals surface area (Å²) in [6, 6.07) is 11.9. The Hall–Kier alpha value is -0.800. The van der Waals surface area contributed by atoms with Gasteiger partial charge in [-0.25, -0.2) is 0 Å². The number of ether oxygens (including phenoxy) is 1. The van der Waals surface area contributed by atoms with Gasteiger partial charge < -0.3 is 4.74 Å². The van der Waals surface area contributed by atoms with Crippen LogP contribution in [0.4, 0.5) is 0 Å². The summed E-state index contributed by atoms with van der Waals surface area (Å²) in [4.78, 5) is 0. The molecule has 0 radical (unpaired) electrons. The highest BCUT2D eigenvalue weighted by molar-refractivity contribution is 9.11. The maximum absolute atomic E-state index is 5.61. The van der Waals surface area contributed by atoms with E-state index in [9.17, 15) is 0 Å². The van der Waals surface area contributed by atoms with E-state index in [-0.39, 0.29) is 0 Å². The van der Waals surface area contributed by atoms with E-state index >= 15 is 0 Å². The van der Waals surface area contributed by atoms with Gasteiger partial charge in [-0.1, -0.05) is 18.2 Å². The van der Waals surface area contributed by atoms with Crippen LogP contribution in [0.2, 0.25) is 0 Å². The van der Waals surface area contributed by atoms with Gasteiger partial charge in [-0.2, -0.15) is 0 Å². The van der Waals surface area contributed by atoms with E-state index in [1.54, 1.807) is 11.3 Å². The summed E-state index contributed by atoms with van der Waals surface area (Å²) in [7, 11) is 0. The Bertz CT molecular complexity index is 397. The number of halogens is 1. The van der Waals surface area contributed by atoms with Gasteiger partial charge in [0.05, 0.1) is 3.79 Å². The van der Waals surface area contributed by atoms with Gasteiger partial charge in [-0.3, -0.25) is 0 Å². The Labute approximate surface area is 95.5 Å². The number of para-hydroxylation sites is 1. The third-order valence-corrected chi connectivity index (χ3v) is 3.64. The molecular weight excluding hydrogens is 260 g/mol. The van der Waals surface area contributed by atoms with Crippen LogP contribution in [0.1, 0.15) is 5.56 Å². The fourth-order valence-electron chi connectivity index (χ4n) is 1.10. The molecule has 2 rings (SSSR count). The van der Waals surface area contributed by atoms with Crippen molar-refractivity contribution in [2.24, 2.45) is 0 Å². The van der Waals surface area contributed by atoms with Gasteiger partial charge in [0.2, 0.25) is 0 Å². The van der Waals surface area contributed by atoms with Gasteiger partial charge in [0.25, 0.3) is 0 Å². The number of hydrogen-bond donors (Lipinski definition) is 0. The summed E-state index contributed by atoms with van der Waals surface area (Å²) in [5, 5.41) is 2.05. The van der Waals surface area contributed by atoms with Crippen LogP contribution in [0.25, 0.3) is 0 Å². The second-order valence-corrected chi connectivity index (χ2v) is 5.06. The van der Waals surface area contributed by atoms with Crippen molar-refractivity contribution in [1.29, 1.82) is 0 Å². The molecule has 0 saturated carbocycles. The van der Waals surface area contributed by atoms with E-state index in [4.69, 9.17) is 4.74 Å². The van der Waals surface area contributed by atoms with Crippen molar-refractivity contribution < 1.29 is 4.74 Å². The largest absolute Gasteiger partial charge is 0.489 e.